The van der Waals surface area contributed by atoms with Gasteiger partial charge in [-0.15, -0.1) is 0 Å². The summed E-state index contributed by atoms with van der Waals surface area (Å²) in [6, 6.07) is 13.5. The smallest absolute Gasteiger partial charge is 0.315 e. The first-order valence-electron chi connectivity index (χ1n) is 8.39. The Hall–Kier alpha value is -3.75. The first-order chi connectivity index (χ1) is 13.5. The maximum Gasteiger partial charge on any atom is 0.315 e. The largest absolute Gasteiger partial charge is 0.497 e. The molecule has 0 spiro atoms. The second kappa shape index (κ2) is 10.4. The Morgan fingerprint density at radius 3 is 2.11 bits per heavy atom. The number of hydrogen-bond donors (Lipinski definition) is 4. The van der Waals surface area contributed by atoms with E-state index in [0.717, 1.165) is 5.56 Å². The SMILES string of the molecule is COc1cc(OC)cc(C(=O)NNC(=O)CNC(=O)NCc2ccccc2)c1. The lowest BCUT2D eigenvalue weighted by atomic mass is 10.2. The number of rotatable bonds is 7. The van der Waals surface area contributed by atoms with Gasteiger partial charge in [-0.2, -0.15) is 0 Å². The van der Waals surface area contributed by atoms with E-state index in [0.29, 0.717) is 18.0 Å². The van der Waals surface area contributed by atoms with Crippen molar-refractivity contribution in [2.24, 2.45) is 0 Å². The number of urea groups is 1. The van der Waals surface area contributed by atoms with Gasteiger partial charge in [0.2, 0.25) is 0 Å². The molecule has 0 atom stereocenters. The van der Waals surface area contributed by atoms with Crippen molar-refractivity contribution < 1.29 is 23.9 Å². The fraction of sp³-hybridized carbons (Fsp3) is 0.211. The Morgan fingerprint density at radius 2 is 1.50 bits per heavy atom. The van der Waals surface area contributed by atoms with Crippen LogP contribution in [0.1, 0.15) is 15.9 Å². The van der Waals surface area contributed by atoms with E-state index >= 15 is 0 Å². The zero-order valence-electron chi connectivity index (χ0n) is 15.6. The molecule has 0 bridgehead atoms. The van der Waals surface area contributed by atoms with Gasteiger partial charge in [0.1, 0.15) is 18.0 Å². The minimum absolute atomic E-state index is 0.241. The van der Waals surface area contributed by atoms with Crippen LogP contribution in [0.3, 0.4) is 0 Å². The molecular weight excluding hydrogens is 364 g/mol. The minimum Gasteiger partial charge on any atom is -0.497 e. The molecule has 0 unspecified atom stereocenters. The standard InChI is InChI=1S/C19H22N4O5/c1-27-15-8-14(9-16(10-15)28-2)18(25)23-22-17(24)12-21-19(26)20-11-13-6-4-3-5-7-13/h3-10H,11-12H2,1-2H3,(H,22,24)(H,23,25)(H2,20,21,26). The Balaban J connectivity index is 1.74. The van der Waals surface area contributed by atoms with Crippen molar-refractivity contribution in [2.75, 3.05) is 20.8 Å². The molecule has 148 valence electrons. The molecule has 9 nitrogen and oxygen atoms in total. The molecule has 0 radical (unpaired) electrons. The fourth-order valence-corrected chi connectivity index (χ4v) is 2.18. The van der Waals surface area contributed by atoms with Crippen molar-refractivity contribution in [3.63, 3.8) is 0 Å². The fourth-order valence-electron chi connectivity index (χ4n) is 2.18. The van der Waals surface area contributed by atoms with Crippen LogP contribution in [0.5, 0.6) is 11.5 Å². The monoisotopic (exact) mass is 386 g/mol. The first kappa shape index (κ1) is 20.6. The highest BCUT2D eigenvalue weighted by Gasteiger charge is 2.11. The number of carbonyl (C=O) groups excluding carboxylic acids is 3. The van der Waals surface area contributed by atoms with E-state index in [1.54, 1.807) is 6.07 Å². The first-order valence-corrected chi connectivity index (χ1v) is 8.39. The summed E-state index contributed by atoms with van der Waals surface area (Å²) in [6.45, 7) is 0.0328. The molecular formula is C19H22N4O5. The Labute approximate surface area is 162 Å². The van der Waals surface area contributed by atoms with E-state index in [2.05, 4.69) is 21.5 Å². The topological polar surface area (TPSA) is 118 Å². The van der Waals surface area contributed by atoms with E-state index < -0.39 is 17.8 Å². The van der Waals surface area contributed by atoms with E-state index in [4.69, 9.17) is 9.47 Å². The van der Waals surface area contributed by atoms with Crippen LogP contribution in [0.4, 0.5) is 4.79 Å². The highest BCUT2D eigenvalue weighted by atomic mass is 16.5. The molecule has 0 aliphatic rings. The van der Waals surface area contributed by atoms with Crippen molar-refractivity contribution in [3.8, 4) is 11.5 Å². The summed E-state index contributed by atoms with van der Waals surface area (Å²) in [6.07, 6.45) is 0. The zero-order valence-corrected chi connectivity index (χ0v) is 15.6. The molecule has 0 fully saturated rings. The van der Waals surface area contributed by atoms with Gasteiger partial charge in [0.25, 0.3) is 11.8 Å². The molecule has 4 N–H and O–H groups in total. The lowest BCUT2D eigenvalue weighted by Crippen LogP contribution is -2.47. The van der Waals surface area contributed by atoms with Crippen LogP contribution in [0.25, 0.3) is 0 Å². The van der Waals surface area contributed by atoms with E-state index in [1.165, 1.54) is 26.4 Å². The number of ether oxygens (including phenoxy) is 2. The Morgan fingerprint density at radius 1 is 0.857 bits per heavy atom. The van der Waals surface area contributed by atoms with Crippen LogP contribution in [0.2, 0.25) is 0 Å². The number of hydrogen-bond acceptors (Lipinski definition) is 5. The molecule has 0 aliphatic heterocycles. The van der Waals surface area contributed by atoms with Gasteiger partial charge in [0.05, 0.1) is 14.2 Å². The van der Waals surface area contributed by atoms with E-state index in [1.807, 2.05) is 30.3 Å². The molecule has 0 heterocycles. The van der Waals surface area contributed by atoms with Gasteiger partial charge >= 0.3 is 6.03 Å². The number of benzene rings is 2. The van der Waals surface area contributed by atoms with Crippen LogP contribution in [-0.4, -0.2) is 38.6 Å². The second-order valence-corrected chi connectivity index (χ2v) is 5.63. The molecule has 4 amide bonds. The molecule has 9 heteroatoms. The molecule has 0 saturated heterocycles. The third kappa shape index (κ3) is 6.52. The minimum atomic E-state index is -0.585. The van der Waals surface area contributed by atoms with Crippen molar-refractivity contribution in [1.29, 1.82) is 0 Å². The van der Waals surface area contributed by atoms with Crippen molar-refractivity contribution in [3.05, 3.63) is 59.7 Å². The van der Waals surface area contributed by atoms with E-state index in [9.17, 15) is 14.4 Å². The van der Waals surface area contributed by atoms with Crippen LogP contribution in [-0.2, 0) is 11.3 Å². The van der Waals surface area contributed by atoms with Gasteiger partial charge < -0.3 is 20.1 Å². The van der Waals surface area contributed by atoms with E-state index in [-0.39, 0.29) is 12.1 Å². The highest BCUT2D eigenvalue weighted by molar-refractivity contribution is 5.96. The van der Waals surface area contributed by atoms with Crippen LogP contribution in [0, 0.1) is 0 Å². The maximum atomic E-state index is 12.1. The van der Waals surface area contributed by atoms with Gasteiger partial charge in [0.15, 0.2) is 0 Å². The number of amides is 4. The number of hydrazine groups is 1. The molecule has 0 aromatic heterocycles. The molecule has 2 aromatic rings. The average Bonchev–Trinajstić information content (AvgIpc) is 2.74. The second-order valence-electron chi connectivity index (χ2n) is 5.63. The third-order valence-electron chi connectivity index (χ3n) is 3.63. The zero-order chi connectivity index (χ0) is 20.4. The average molecular weight is 386 g/mol. The van der Waals surface area contributed by atoms with Crippen LogP contribution in [0.15, 0.2) is 48.5 Å². The molecule has 28 heavy (non-hydrogen) atoms. The summed E-state index contributed by atoms with van der Waals surface area (Å²) >= 11 is 0. The summed E-state index contributed by atoms with van der Waals surface area (Å²) in [7, 11) is 2.93. The summed E-state index contributed by atoms with van der Waals surface area (Å²) in [4.78, 5) is 35.6. The lowest BCUT2D eigenvalue weighted by molar-refractivity contribution is -0.120. The predicted octanol–water partition coefficient (Wildman–Crippen LogP) is 0.964. The van der Waals surface area contributed by atoms with Gasteiger partial charge in [0, 0.05) is 18.2 Å². The number of carbonyl (C=O) groups is 3. The number of methoxy groups -OCH3 is 2. The van der Waals surface area contributed by atoms with Gasteiger partial charge in [-0.05, 0) is 17.7 Å². The molecule has 0 aliphatic carbocycles. The van der Waals surface area contributed by atoms with Gasteiger partial charge in [-0.3, -0.25) is 20.4 Å². The normalized spacial score (nSPS) is 9.79. The summed E-state index contributed by atoms with van der Waals surface area (Å²) in [5.41, 5.74) is 5.66. The third-order valence-corrected chi connectivity index (χ3v) is 3.63. The summed E-state index contributed by atoms with van der Waals surface area (Å²) in [5, 5.41) is 5.02. The highest BCUT2D eigenvalue weighted by Crippen LogP contribution is 2.22. The Kier molecular flexibility index (Phi) is 7.64. The molecule has 0 saturated carbocycles. The van der Waals surface area contributed by atoms with Crippen LogP contribution < -0.4 is 31.0 Å². The lowest BCUT2D eigenvalue weighted by Gasteiger charge is -2.11. The number of nitrogens with one attached hydrogen (secondary N) is 4. The molecule has 2 rings (SSSR count). The van der Waals surface area contributed by atoms with Crippen molar-refractivity contribution in [1.82, 2.24) is 21.5 Å². The van der Waals surface area contributed by atoms with Crippen molar-refractivity contribution >= 4 is 17.8 Å². The quantitative estimate of drug-likeness (QED) is 0.529. The van der Waals surface area contributed by atoms with Crippen molar-refractivity contribution in [2.45, 2.75) is 6.54 Å². The van der Waals surface area contributed by atoms with Gasteiger partial charge in [-0.1, -0.05) is 30.3 Å². The summed E-state index contributed by atoms with van der Waals surface area (Å²) in [5.74, 6) is -0.266. The summed E-state index contributed by atoms with van der Waals surface area (Å²) < 4.78 is 10.2. The van der Waals surface area contributed by atoms with Crippen LogP contribution >= 0.6 is 0 Å². The van der Waals surface area contributed by atoms with Gasteiger partial charge in [-0.25, -0.2) is 4.79 Å². The Bertz CT molecular complexity index is 804. The molecule has 2 aromatic carbocycles. The maximum absolute atomic E-state index is 12.1. The predicted molar refractivity (Wildman–Crippen MR) is 102 cm³/mol.